The second-order valence-corrected chi connectivity index (χ2v) is 4.93. The molecule has 0 aliphatic carbocycles. The van der Waals surface area contributed by atoms with E-state index in [1.165, 1.54) is 0 Å². The van der Waals surface area contributed by atoms with Crippen molar-refractivity contribution in [1.82, 2.24) is 9.97 Å². The highest BCUT2D eigenvalue weighted by Crippen LogP contribution is 2.19. The Morgan fingerprint density at radius 2 is 2.00 bits per heavy atom. The first-order valence-corrected chi connectivity index (χ1v) is 9.13. The Balaban J connectivity index is 0.00000139. The summed E-state index contributed by atoms with van der Waals surface area (Å²) in [6.07, 6.45) is 6.62. The second-order valence-electron chi connectivity index (χ2n) is 4.93. The third kappa shape index (κ3) is 6.16. The minimum Gasteiger partial charge on any atom is -0.326 e. The number of halogens is 2. The number of hydrogen-bond donors (Lipinski definition) is 2. The van der Waals surface area contributed by atoms with E-state index in [9.17, 15) is 4.39 Å². The third-order valence-electron chi connectivity index (χ3n) is 3.19. The van der Waals surface area contributed by atoms with Crippen molar-refractivity contribution in [2.24, 2.45) is 0 Å². The number of allylic oxidation sites excluding steroid dienone is 2. The molecule has 0 aliphatic rings. The fraction of sp³-hybridized carbons (Fsp3) is 0.211. The molecule has 0 saturated carbocycles. The van der Waals surface area contributed by atoms with Crippen molar-refractivity contribution in [3.63, 3.8) is 0 Å². The zero-order valence-corrected chi connectivity index (χ0v) is 15.7. The smallest absolute Gasteiger partial charge is 0.205 e. The standard InChI is InChI=1S/C18H20FN3.CH3Br/c1-4-6-17-16(5-2)21-18(22-17)20-15-11-9-14(10-12-15)8-7-13(3)19;1-2/h4-6,9-12H,2-3,7-8H2,1H3,(H2,20,21,22);1H3/b6-4-;. The summed E-state index contributed by atoms with van der Waals surface area (Å²) in [6, 6.07) is 7.83. The van der Waals surface area contributed by atoms with Crippen molar-refractivity contribution >= 4 is 39.7 Å². The summed E-state index contributed by atoms with van der Waals surface area (Å²) in [5, 5.41) is 3.21. The van der Waals surface area contributed by atoms with Gasteiger partial charge in [-0.3, -0.25) is 0 Å². The number of aromatic amines is 1. The first-order chi connectivity index (χ1) is 11.6. The van der Waals surface area contributed by atoms with Crippen LogP contribution in [0.4, 0.5) is 16.0 Å². The lowest BCUT2D eigenvalue weighted by Gasteiger charge is -2.04. The van der Waals surface area contributed by atoms with Crippen molar-refractivity contribution in [3.8, 4) is 0 Å². The van der Waals surface area contributed by atoms with Crippen LogP contribution in [0.3, 0.4) is 0 Å². The van der Waals surface area contributed by atoms with Crippen molar-refractivity contribution in [1.29, 1.82) is 0 Å². The van der Waals surface area contributed by atoms with E-state index < -0.39 is 0 Å². The van der Waals surface area contributed by atoms with Crippen LogP contribution >= 0.6 is 15.9 Å². The summed E-state index contributed by atoms with van der Waals surface area (Å²) in [6.45, 7) is 8.98. The summed E-state index contributed by atoms with van der Waals surface area (Å²) in [5.74, 6) is 2.19. The van der Waals surface area contributed by atoms with Gasteiger partial charge >= 0.3 is 0 Å². The quantitative estimate of drug-likeness (QED) is 0.547. The molecule has 1 heterocycles. The summed E-state index contributed by atoms with van der Waals surface area (Å²) < 4.78 is 12.7. The van der Waals surface area contributed by atoms with Crippen LogP contribution in [-0.2, 0) is 6.42 Å². The van der Waals surface area contributed by atoms with Crippen LogP contribution in [0.1, 0.15) is 30.3 Å². The van der Waals surface area contributed by atoms with Gasteiger partial charge in [-0.25, -0.2) is 9.37 Å². The van der Waals surface area contributed by atoms with Gasteiger partial charge < -0.3 is 10.3 Å². The summed E-state index contributed by atoms with van der Waals surface area (Å²) in [4.78, 5) is 7.62. The number of imidazole rings is 1. The monoisotopic (exact) mass is 391 g/mol. The van der Waals surface area contributed by atoms with E-state index in [1.807, 2.05) is 49.2 Å². The highest BCUT2D eigenvalue weighted by atomic mass is 79.9. The number of aryl methyl sites for hydroxylation is 1. The summed E-state index contributed by atoms with van der Waals surface area (Å²) >= 11 is 2.94. The molecule has 2 N–H and O–H groups in total. The second kappa shape index (κ2) is 10.6. The lowest BCUT2D eigenvalue weighted by molar-refractivity contribution is 0.593. The van der Waals surface area contributed by atoms with Gasteiger partial charge in [0.15, 0.2) is 0 Å². The van der Waals surface area contributed by atoms with E-state index in [1.54, 1.807) is 6.08 Å². The number of benzene rings is 1. The number of alkyl halides is 1. The normalized spacial score (nSPS) is 10.2. The number of nitrogens with one attached hydrogen (secondary N) is 2. The van der Waals surface area contributed by atoms with Gasteiger partial charge in [0.05, 0.1) is 17.2 Å². The lowest BCUT2D eigenvalue weighted by Crippen LogP contribution is -1.93. The molecule has 0 saturated heterocycles. The molecule has 0 aliphatic heterocycles. The first-order valence-electron chi connectivity index (χ1n) is 7.54. The van der Waals surface area contributed by atoms with E-state index in [0.717, 1.165) is 22.6 Å². The Bertz CT molecular complexity index is 687. The third-order valence-corrected chi connectivity index (χ3v) is 3.19. The van der Waals surface area contributed by atoms with E-state index >= 15 is 0 Å². The molecule has 2 aromatic rings. The number of anilines is 2. The van der Waals surface area contributed by atoms with Crippen molar-refractivity contribution in [2.45, 2.75) is 19.8 Å². The molecule has 0 atom stereocenters. The van der Waals surface area contributed by atoms with Crippen LogP contribution in [0.2, 0.25) is 0 Å². The fourth-order valence-electron chi connectivity index (χ4n) is 2.08. The van der Waals surface area contributed by atoms with Crippen LogP contribution in [-0.4, -0.2) is 15.8 Å². The van der Waals surface area contributed by atoms with Crippen LogP contribution in [0.25, 0.3) is 12.2 Å². The van der Waals surface area contributed by atoms with E-state index in [4.69, 9.17) is 0 Å². The Morgan fingerprint density at radius 1 is 1.33 bits per heavy atom. The minimum atomic E-state index is -0.286. The topological polar surface area (TPSA) is 40.7 Å². The fourth-order valence-corrected chi connectivity index (χ4v) is 2.08. The van der Waals surface area contributed by atoms with Gasteiger partial charge in [0.1, 0.15) is 0 Å². The van der Waals surface area contributed by atoms with E-state index in [2.05, 4.69) is 44.4 Å². The SMILES string of the molecule is C=Cc1nc(Nc2ccc(CCC(=C)F)cc2)[nH]c1/C=C\C.CBr. The Hall–Kier alpha value is -2.14. The summed E-state index contributed by atoms with van der Waals surface area (Å²) in [7, 11) is 0. The molecular formula is C19H23BrFN3. The van der Waals surface area contributed by atoms with Gasteiger partial charge in [0.2, 0.25) is 5.95 Å². The van der Waals surface area contributed by atoms with Crippen LogP contribution in [0, 0.1) is 0 Å². The Morgan fingerprint density at radius 3 is 2.54 bits per heavy atom. The molecule has 0 bridgehead atoms. The Kier molecular flexibility index (Phi) is 8.79. The largest absolute Gasteiger partial charge is 0.326 e. The highest BCUT2D eigenvalue weighted by Gasteiger charge is 2.05. The molecule has 0 unspecified atom stereocenters. The number of aromatic nitrogens is 2. The van der Waals surface area contributed by atoms with Crippen LogP contribution in [0.15, 0.2) is 49.3 Å². The minimum absolute atomic E-state index is 0.286. The molecular weight excluding hydrogens is 369 g/mol. The molecule has 0 radical (unpaired) electrons. The number of H-pyrrole nitrogens is 1. The molecule has 0 amide bonds. The average Bonchev–Trinajstić information content (AvgIpc) is 2.98. The van der Waals surface area contributed by atoms with Gasteiger partial charge in [-0.1, -0.05) is 47.3 Å². The average molecular weight is 392 g/mol. The van der Waals surface area contributed by atoms with Crippen LogP contribution in [0.5, 0.6) is 0 Å². The number of hydrogen-bond acceptors (Lipinski definition) is 2. The first kappa shape index (κ1) is 19.9. The van der Waals surface area contributed by atoms with Crippen molar-refractivity contribution < 1.29 is 4.39 Å². The molecule has 3 nitrogen and oxygen atoms in total. The molecule has 5 heteroatoms. The Labute approximate surface area is 151 Å². The molecule has 1 aromatic carbocycles. The molecule has 24 heavy (non-hydrogen) atoms. The lowest BCUT2D eigenvalue weighted by atomic mass is 10.1. The molecule has 0 spiro atoms. The van der Waals surface area contributed by atoms with E-state index in [-0.39, 0.29) is 5.83 Å². The van der Waals surface area contributed by atoms with Gasteiger partial charge in [-0.05, 0) is 49.0 Å². The molecule has 0 fully saturated rings. The maximum atomic E-state index is 12.7. The van der Waals surface area contributed by atoms with Crippen molar-refractivity contribution in [2.75, 3.05) is 11.1 Å². The van der Waals surface area contributed by atoms with Gasteiger partial charge in [0.25, 0.3) is 0 Å². The number of rotatable bonds is 7. The number of nitrogens with zero attached hydrogens (tertiary/aromatic N) is 1. The predicted octanol–water partition coefficient (Wildman–Crippen LogP) is 6.26. The summed E-state index contributed by atoms with van der Waals surface area (Å²) in [5.41, 5.74) is 3.71. The predicted molar refractivity (Wildman–Crippen MR) is 107 cm³/mol. The van der Waals surface area contributed by atoms with Crippen molar-refractivity contribution in [3.05, 3.63) is 66.3 Å². The highest BCUT2D eigenvalue weighted by molar-refractivity contribution is 9.08. The molecule has 128 valence electrons. The van der Waals surface area contributed by atoms with Gasteiger partial charge in [0, 0.05) is 12.1 Å². The molecule has 2 rings (SSSR count). The van der Waals surface area contributed by atoms with Crippen LogP contribution < -0.4 is 5.32 Å². The maximum Gasteiger partial charge on any atom is 0.205 e. The van der Waals surface area contributed by atoms with Gasteiger partial charge in [-0.2, -0.15) is 0 Å². The maximum absolute atomic E-state index is 12.7. The van der Waals surface area contributed by atoms with Gasteiger partial charge in [-0.15, -0.1) is 0 Å². The zero-order valence-electron chi connectivity index (χ0n) is 14.1. The zero-order chi connectivity index (χ0) is 17.9. The molecule has 1 aromatic heterocycles. The van der Waals surface area contributed by atoms with E-state index in [0.29, 0.717) is 18.8 Å².